The molecule has 0 heterocycles. The van der Waals surface area contributed by atoms with Gasteiger partial charge >= 0.3 is 16.3 Å². The van der Waals surface area contributed by atoms with Gasteiger partial charge in [0.2, 0.25) is 5.91 Å². The maximum Gasteiger partial charge on any atom is 0.416 e. The summed E-state index contributed by atoms with van der Waals surface area (Å²) in [6, 6.07) is 7.75. The first-order valence-electron chi connectivity index (χ1n) is 9.45. The van der Waals surface area contributed by atoms with Crippen molar-refractivity contribution in [2.45, 2.75) is 50.9 Å². The Bertz CT molecular complexity index is 1040. The Morgan fingerprint density at radius 3 is 2.35 bits per heavy atom. The minimum absolute atomic E-state index is 0.0437. The van der Waals surface area contributed by atoms with Crippen LogP contribution in [0.5, 0.6) is 11.5 Å². The Labute approximate surface area is 179 Å². The summed E-state index contributed by atoms with van der Waals surface area (Å²) >= 11 is 0. The number of ether oxygens (including phenoxy) is 1. The van der Waals surface area contributed by atoms with Crippen LogP contribution < -0.4 is 8.92 Å². The van der Waals surface area contributed by atoms with Gasteiger partial charge in [0, 0.05) is 19.5 Å². The number of hydrogen-bond acceptors (Lipinski definition) is 5. The van der Waals surface area contributed by atoms with Gasteiger partial charge in [0.1, 0.15) is 4.90 Å². The molecule has 2 aromatic rings. The minimum atomic E-state index is -4.70. The van der Waals surface area contributed by atoms with Gasteiger partial charge in [-0.2, -0.15) is 21.6 Å². The molecule has 170 valence electrons. The highest BCUT2D eigenvalue weighted by Crippen LogP contribution is 2.34. The summed E-state index contributed by atoms with van der Waals surface area (Å²) in [5.41, 5.74) is -0.533. The predicted molar refractivity (Wildman–Crippen MR) is 108 cm³/mol. The molecule has 0 radical (unpaired) electrons. The molecule has 31 heavy (non-hydrogen) atoms. The van der Waals surface area contributed by atoms with Crippen molar-refractivity contribution in [1.82, 2.24) is 4.90 Å². The van der Waals surface area contributed by atoms with Crippen LogP contribution in [0.3, 0.4) is 0 Å². The van der Waals surface area contributed by atoms with Crippen molar-refractivity contribution in [3.8, 4) is 11.5 Å². The molecule has 0 aromatic heterocycles. The number of amides is 1. The van der Waals surface area contributed by atoms with Crippen LogP contribution in [-0.4, -0.2) is 32.4 Å². The van der Waals surface area contributed by atoms with E-state index in [1.165, 1.54) is 26.2 Å². The van der Waals surface area contributed by atoms with E-state index in [1.54, 1.807) is 11.0 Å². The van der Waals surface area contributed by atoms with Gasteiger partial charge in [-0.25, -0.2) is 0 Å². The van der Waals surface area contributed by atoms with E-state index in [0.29, 0.717) is 11.6 Å². The Morgan fingerprint density at radius 2 is 1.81 bits per heavy atom. The van der Waals surface area contributed by atoms with E-state index in [4.69, 9.17) is 8.92 Å². The average Bonchev–Trinajstić information content (AvgIpc) is 2.70. The van der Waals surface area contributed by atoms with Crippen molar-refractivity contribution in [1.29, 1.82) is 0 Å². The number of halogens is 3. The molecule has 2 aromatic carbocycles. The lowest BCUT2D eigenvalue weighted by atomic mass is 10.1. The Balaban J connectivity index is 2.39. The lowest BCUT2D eigenvalue weighted by Crippen LogP contribution is -2.36. The third-order valence-corrected chi connectivity index (χ3v) is 5.99. The fraction of sp³-hybridized carbons (Fsp3) is 0.381. The number of benzene rings is 2. The number of methoxy groups -OCH3 is 1. The second-order valence-electron chi connectivity index (χ2n) is 6.95. The zero-order valence-electron chi connectivity index (χ0n) is 17.6. The fourth-order valence-electron chi connectivity index (χ4n) is 2.87. The molecular formula is C21H24F3NO5S. The van der Waals surface area contributed by atoms with E-state index in [2.05, 4.69) is 0 Å². The van der Waals surface area contributed by atoms with Gasteiger partial charge in [0.15, 0.2) is 11.5 Å². The number of carbonyl (C=O) groups is 1. The van der Waals surface area contributed by atoms with E-state index in [9.17, 15) is 26.4 Å². The third kappa shape index (κ3) is 6.13. The molecule has 6 nitrogen and oxygen atoms in total. The van der Waals surface area contributed by atoms with Crippen LogP contribution in [0.15, 0.2) is 47.4 Å². The summed E-state index contributed by atoms with van der Waals surface area (Å²) < 4.78 is 74.4. The maximum absolute atomic E-state index is 12.9. The number of carbonyl (C=O) groups excluding carboxylic acids is 1. The fourth-order valence-corrected chi connectivity index (χ4v) is 3.85. The molecule has 0 aliphatic heterocycles. The SMILES string of the molecule is CC[C@H](C)N(Cc1ccc(OC)c(OS(=O)(=O)c2cccc(C(F)(F)F)c2)c1)C(C)=O. The second-order valence-corrected chi connectivity index (χ2v) is 8.50. The Morgan fingerprint density at radius 1 is 1.13 bits per heavy atom. The van der Waals surface area contributed by atoms with Crippen LogP contribution in [-0.2, 0) is 27.6 Å². The normalized spacial score (nSPS) is 12.9. The predicted octanol–water partition coefficient (Wildman–Crippen LogP) is 4.63. The first-order valence-corrected chi connectivity index (χ1v) is 10.9. The average molecular weight is 459 g/mol. The van der Waals surface area contributed by atoms with Crippen molar-refractivity contribution >= 4 is 16.0 Å². The largest absolute Gasteiger partial charge is 0.493 e. The molecule has 0 saturated heterocycles. The molecule has 0 saturated carbocycles. The van der Waals surface area contributed by atoms with E-state index in [-0.39, 0.29) is 30.0 Å². The molecule has 2 rings (SSSR count). The summed E-state index contributed by atoms with van der Waals surface area (Å²) in [7, 11) is -3.27. The van der Waals surface area contributed by atoms with Crippen LogP contribution in [0.25, 0.3) is 0 Å². The monoisotopic (exact) mass is 459 g/mol. The quantitative estimate of drug-likeness (QED) is 0.539. The second kappa shape index (κ2) is 9.59. The topological polar surface area (TPSA) is 72.9 Å². The van der Waals surface area contributed by atoms with Crippen molar-refractivity contribution < 1.29 is 35.3 Å². The van der Waals surface area contributed by atoms with Gasteiger partial charge in [-0.05, 0) is 49.2 Å². The standard InChI is InChI=1S/C21H24F3NO5S/c1-5-14(2)25(15(3)26)13-16-9-10-19(29-4)20(11-16)30-31(27,28)18-8-6-7-17(12-18)21(22,23)24/h6-12,14H,5,13H2,1-4H3/t14-/m0/s1. The van der Waals surface area contributed by atoms with Gasteiger partial charge in [-0.1, -0.05) is 19.1 Å². The molecule has 1 amide bonds. The molecule has 0 unspecified atom stereocenters. The summed E-state index contributed by atoms with van der Waals surface area (Å²) in [5, 5.41) is 0. The van der Waals surface area contributed by atoms with Gasteiger partial charge in [-0.3, -0.25) is 4.79 Å². The summed E-state index contributed by atoms with van der Waals surface area (Å²) in [5.74, 6) is -0.258. The summed E-state index contributed by atoms with van der Waals surface area (Å²) in [4.78, 5) is 12.9. The minimum Gasteiger partial charge on any atom is -0.493 e. The molecule has 0 N–H and O–H groups in total. The van der Waals surface area contributed by atoms with Crippen LogP contribution in [0, 0.1) is 0 Å². The van der Waals surface area contributed by atoms with Crippen molar-refractivity contribution in [3.05, 3.63) is 53.6 Å². The first-order chi connectivity index (χ1) is 14.4. The van der Waals surface area contributed by atoms with Crippen LogP contribution in [0.4, 0.5) is 13.2 Å². The van der Waals surface area contributed by atoms with Gasteiger partial charge in [0.25, 0.3) is 0 Å². The van der Waals surface area contributed by atoms with E-state index in [1.807, 2.05) is 13.8 Å². The highest BCUT2D eigenvalue weighted by atomic mass is 32.2. The summed E-state index contributed by atoms with van der Waals surface area (Å²) in [6.45, 7) is 5.46. The van der Waals surface area contributed by atoms with E-state index < -0.39 is 26.8 Å². The molecule has 0 spiro atoms. The van der Waals surface area contributed by atoms with Crippen LogP contribution in [0.2, 0.25) is 0 Å². The van der Waals surface area contributed by atoms with Crippen molar-refractivity contribution in [2.24, 2.45) is 0 Å². The molecule has 0 bridgehead atoms. The number of rotatable bonds is 8. The highest BCUT2D eigenvalue weighted by Gasteiger charge is 2.32. The summed E-state index contributed by atoms with van der Waals surface area (Å²) in [6.07, 6.45) is -3.97. The zero-order valence-corrected chi connectivity index (χ0v) is 18.4. The first kappa shape index (κ1) is 24.5. The third-order valence-electron chi connectivity index (χ3n) is 4.76. The lowest BCUT2D eigenvalue weighted by molar-refractivity contribution is -0.137. The number of nitrogens with zero attached hydrogens (tertiary/aromatic N) is 1. The van der Waals surface area contributed by atoms with Crippen LogP contribution in [0.1, 0.15) is 38.3 Å². The lowest BCUT2D eigenvalue weighted by Gasteiger charge is -2.27. The molecular weight excluding hydrogens is 435 g/mol. The Hall–Kier alpha value is -2.75. The van der Waals surface area contributed by atoms with Gasteiger partial charge in [0.05, 0.1) is 12.7 Å². The molecule has 0 aliphatic rings. The van der Waals surface area contributed by atoms with Gasteiger partial charge in [-0.15, -0.1) is 0 Å². The molecule has 10 heteroatoms. The smallest absolute Gasteiger partial charge is 0.416 e. The molecule has 1 atom stereocenters. The number of alkyl halides is 3. The van der Waals surface area contributed by atoms with Crippen molar-refractivity contribution in [3.63, 3.8) is 0 Å². The molecule has 0 aliphatic carbocycles. The van der Waals surface area contributed by atoms with Crippen molar-refractivity contribution in [2.75, 3.05) is 7.11 Å². The zero-order chi connectivity index (χ0) is 23.4. The maximum atomic E-state index is 12.9. The van der Waals surface area contributed by atoms with E-state index >= 15 is 0 Å². The van der Waals surface area contributed by atoms with Crippen LogP contribution >= 0.6 is 0 Å². The molecule has 0 fully saturated rings. The van der Waals surface area contributed by atoms with Gasteiger partial charge < -0.3 is 13.8 Å². The Kier molecular flexibility index (Phi) is 7.58. The number of hydrogen-bond donors (Lipinski definition) is 0. The van der Waals surface area contributed by atoms with E-state index in [0.717, 1.165) is 24.6 Å². The highest BCUT2D eigenvalue weighted by molar-refractivity contribution is 7.87.